The zero-order chi connectivity index (χ0) is 20.0. The molecule has 0 aliphatic carbocycles. The minimum atomic E-state index is -3.75. The Morgan fingerprint density at radius 3 is 2.41 bits per heavy atom. The molecule has 0 saturated heterocycles. The van der Waals surface area contributed by atoms with Crippen LogP contribution in [-0.2, 0) is 19.6 Å². The van der Waals surface area contributed by atoms with Crippen LogP contribution < -0.4 is 9.62 Å². The van der Waals surface area contributed by atoms with Gasteiger partial charge in [-0.05, 0) is 42.5 Å². The third-order valence-electron chi connectivity index (χ3n) is 3.54. The fourth-order valence-electron chi connectivity index (χ4n) is 2.28. The number of sulfonamides is 1. The number of anilines is 2. The minimum absolute atomic E-state index is 0.228. The minimum Gasteiger partial charge on any atom is -0.465 e. The highest BCUT2D eigenvalue weighted by molar-refractivity contribution is 7.92. The molecule has 140 valence electrons. The Balaban J connectivity index is 2.21. The molecule has 2 aromatic carbocycles. The van der Waals surface area contributed by atoms with Crippen LogP contribution in [0.25, 0.3) is 0 Å². The molecular weight excluding hydrogens is 370 g/mol. The second-order valence-corrected chi connectivity index (χ2v) is 7.46. The number of nitrogens with zero attached hydrogens (tertiary/aromatic N) is 2. The summed E-state index contributed by atoms with van der Waals surface area (Å²) in [6.07, 6.45) is 0.977. The number of hydrogen-bond acceptors (Lipinski definition) is 6. The van der Waals surface area contributed by atoms with Crippen molar-refractivity contribution in [1.82, 2.24) is 0 Å². The maximum absolute atomic E-state index is 12.3. The van der Waals surface area contributed by atoms with E-state index >= 15 is 0 Å². The lowest BCUT2D eigenvalue weighted by atomic mass is 10.2. The average molecular weight is 387 g/mol. The number of esters is 1. The third kappa shape index (κ3) is 5.29. The van der Waals surface area contributed by atoms with Crippen molar-refractivity contribution < 1.29 is 22.7 Å². The van der Waals surface area contributed by atoms with Gasteiger partial charge in [0.25, 0.3) is 0 Å². The van der Waals surface area contributed by atoms with Crippen molar-refractivity contribution in [2.45, 2.75) is 0 Å². The lowest BCUT2D eigenvalue weighted by Crippen LogP contribution is -2.37. The van der Waals surface area contributed by atoms with Crippen molar-refractivity contribution in [2.75, 3.05) is 29.5 Å². The van der Waals surface area contributed by atoms with Crippen LogP contribution in [0.3, 0.4) is 0 Å². The molecule has 0 spiro atoms. The zero-order valence-corrected chi connectivity index (χ0v) is 15.5. The highest BCUT2D eigenvalue weighted by Gasteiger charge is 2.21. The summed E-state index contributed by atoms with van der Waals surface area (Å²) in [6, 6.07) is 13.9. The van der Waals surface area contributed by atoms with Gasteiger partial charge in [0.15, 0.2) is 0 Å². The number of rotatable bonds is 6. The molecule has 27 heavy (non-hydrogen) atoms. The Bertz CT molecular complexity index is 994. The maximum atomic E-state index is 12.3. The molecule has 0 bridgehead atoms. The van der Waals surface area contributed by atoms with Gasteiger partial charge in [-0.1, -0.05) is 6.07 Å². The number of carbonyl (C=O) groups is 2. The largest absolute Gasteiger partial charge is 0.465 e. The summed E-state index contributed by atoms with van der Waals surface area (Å²) in [7, 11) is -2.51. The van der Waals surface area contributed by atoms with E-state index in [9.17, 15) is 18.0 Å². The van der Waals surface area contributed by atoms with E-state index in [1.807, 2.05) is 6.07 Å². The van der Waals surface area contributed by atoms with Crippen LogP contribution in [0.15, 0.2) is 48.5 Å². The van der Waals surface area contributed by atoms with Crippen molar-refractivity contribution in [1.29, 1.82) is 5.26 Å². The van der Waals surface area contributed by atoms with E-state index in [-0.39, 0.29) is 11.3 Å². The molecule has 1 N–H and O–H groups in total. The highest BCUT2D eigenvalue weighted by atomic mass is 32.2. The predicted molar refractivity (Wildman–Crippen MR) is 99.8 cm³/mol. The molecule has 1 amide bonds. The normalized spacial score (nSPS) is 10.6. The molecule has 0 heterocycles. The summed E-state index contributed by atoms with van der Waals surface area (Å²) >= 11 is 0. The van der Waals surface area contributed by atoms with Crippen molar-refractivity contribution in [3.8, 4) is 6.07 Å². The first-order valence-electron chi connectivity index (χ1n) is 7.70. The van der Waals surface area contributed by atoms with Gasteiger partial charge in [-0.15, -0.1) is 0 Å². The van der Waals surface area contributed by atoms with Crippen molar-refractivity contribution in [3.05, 3.63) is 59.7 Å². The van der Waals surface area contributed by atoms with Crippen molar-refractivity contribution >= 4 is 33.3 Å². The van der Waals surface area contributed by atoms with Gasteiger partial charge < -0.3 is 10.1 Å². The predicted octanol–water partition coefficient (Wildman–Crippen LogP) is 1.75. The molecule has 0 atom stereocenters. The van der Waals surface area contributed by atoms with E-state index in [1.165, 1.54) is 37.4 Å². The maximum Gasteiger partial charge on any atom is 0.337 e. The number of carbonyl (C=O) groups excluding carboxylic acids is 2. The van der Waals surface area contributed by atoms with Crippen molar-refractivity contribution in [2.24, 2.45) is 0 Å². The Labute approximate surface area is 157 Å². The lowest BCUT2D eigenvalue weighted by Gasteiger charge is -2.22. The number of nitrogens with one attached hydrogen (secondary N) is 1. The van der Waals surface area contributed by atoms with E-state index in [1.54, 1.807) is 18.2 Å². The molecule has 0 radical (unpaired) electrons. The van der Waals surface area contributed by atoms with E-state index in [2.05, 4.69) is 10.1 Å². The summed E-state index contributed by atoms with van der Waals surface area (Å²) < 4.78 is 29.7. The van der Waals surface area contributed by atoms with Crippen LogP contribution in [0.2, 0.25) is 0 Å². The number of methoxy groups -OCH3 is 1. The van der Waals surface area contributed by atoms with Crippen molar-refractivity contribution in [3.63, 3.8) is 0 Å². The Morgan fingerprint density at radius 2 is 1.85 bits per heavy atom. The first-order chi connectivity index (χ1) is 12.7. The van der Waals surface area contributed by atoms with Gasteiger partial charge in [-0.3, -0.25) is 9.10 Å². The average Bonchev–Trinajstić information content (AvgIpc) is 2.65. The quantitative estimate of drug-likeness (QED) is 0.755. The first-order valence-corrected chi connectivity index (χ1v) is 9.55. The summed E-state index contributed by atoms with van der Waals surface area (Å²) in [6.45, 7) is -0.465. The molecule has 0 aliphatic rings. The number of ether oxygens (including phenoxy) is 1. The zero-order valence-electron chi connectivity index (χ0n) is 14.7. The second kappa shape index (κ2) is 8.33. The second-order valence-electron chi connectivity index (χ2n) is 5.55. The smallest absolute Gasteiger partial charge is 0.337 e. The molecule has 2 rings (SSSR count). The molecule has 0 aliphatic heterocycles. The van der Waals surface area contributed by atoms with E-state index in [0.717, 1.165) is 10.6 Å². The van der Waals surface area contributed by atoms with Crippen LogP contribution in [0.5, 0.6) is 0 Å². The monoisotopic (exact) mass is 387 g/mol. The summed E-state index contributed by atoms with van der Waals surface area (Å²) in [5.74, 6) is -1.13. The van der Waals surface area contributed by atoms with Crippen LogP contribution in [0.1, 0.15) is 15.9 Å². The fraction of sp³-hybridized carbons (Fsp3) is 0.167. The fourth-order valence-corrected chi connectivity index (χ4v) is 3.14. The topological polar surface area (TPSA) is 117 Å². The van der Waals surface area contributed by atoms with Crippen LogP contribution in [0, 0.1) is 11.3 Å². The summed E-state index contributed by atoms with van der Waals surface area (Å²) in [5.41, 5.74) is 1.23. The van der Waals surface area contributed by atoms with E-state index in [0.29, 0.717) is 11.3 Å². The van der Waals surface area contributed by atoms with E-state index in [4.69, 9.17) is 5.26 Å². The van der Waals surface area contributed by atoms with Crippen LogP contribution >= 0.6 is 0 Å². The number of amides is 1. The van der Waals surface area contributed by atoms with Gasteiger partial charge in [-0.2, -0.15) is 5.26 Å². The van der Waals surface area contributed by atoms with Gasteiger partial charge in [-0.25, -0.2) is 13.2 Å². The molecular formula is C18H17N3O5S. The standard InChI is InChI=1S/C18H17N3O5S/c1-26-18(23)14-6-8-16(9-7-14)21(27(2,24)25)12-17(22)20-15-5-3-4-13(10-15)11-19/h3-10H,12H2,1-2H3,(H,20,22). The van der Waals surface area contributed by atoms with Gasteiger partial charge in [0.05, 0.1) is 36.2 Å². The SMILES string of the molecule is COC(=O)c1ccc(N(CC(=O)Nc2cccc(C#N)c2)S(C)(=O)=O)cc1. The first kappa shape index (κ1) is 19.9. The molecule has 0 saturated carbocycles. The molecule has 2 aromatic rings. The number of nitriles is 1. The Morgan fingerprint density at radius 1 is 1.19 bits per heavy atom. The van der Waals surface area contributed by atoms with Gasteiger partial charge >= 0.3 is 5.97 Å². The molecule has 8 nitrogen and oxygen atoms in total. The summed E-state index contributed by atoms with van der Waals surface area (Å²) in [5, 5.41) is 11.5. The van der Waals surface area contributed by atoms with Crippen LogP contribution in [0.4, 0.5) is 11.4 Å². The molecule has 0 unspecified atom stereocenters. The molecule has 9 heteroatoms. The Kier molecular flexibility index (Phi) is 6.15. The van der Waals surface area contributed by atoms with Crippen LogP contribution in [-0.4, -0.2) is 40.2 Å². The van der Waals surface area contributed by atoms with Gasteiger partial charge in [0.2, 0.25) is 15.9 Å². The highest BCUT2D eigenvalue weighted by Crippen LogP contribution is 2.19. The number of hydrogen-bond donors (Lipinski definition) is 1. The van der Waals surface area contributed by atoms with E-state index < -0.39 is 28.4 Å². The molecule has 0 fully saturated rings. The Hall–Kier alpha value is -3.38. The number of benzene rings is 2. The lowest BCUT2D eigenvalue weighted by molar-refractivity contribution is -0.114. The van der Waals surface area contributed by atoms with Gasteiger partial charge in [0, 0.05) is 5.69 Å². The summed E-state index contributed by atoms with van der Waals surface area (Å²) in [4.78, 5) is 23.8. The third-order valence-corrected chi connectivity index (χ3v) is 4.68. The van der Waals surface area contributed by atoms with Gasteiger partial charge in [0.1, 0.15) is 6.54 Å². The molecule has 0 aromatic heterocycles.